The van der Waals surface area contributed by atoms with E-state index >= 15 is 0 Å². The summed E-state index contributed by atoms with van der Waals surface area (Å²) in [5.74, 6) is 0.336. The Morgan fingerprint density at radius 1 is 1.62 bits per heavy atom. The highest BCUT2D eigenvalue weighted by Crippen LogP contribution is 2.28. The topological polar surface area (TPSA) is 55.6 Å². The number of thiocarbonyl (C=S) groups is 1. The molecule has 0 aromatic carbocycles. The zero-order valence-corrected chi connectivity index (χ0v) is 10.8. The largest absolute Gasteiger partial charge is 0.393 e. The van der Waals surface area contributed by atoms with E-state index in [1.165, 1.54) is 12.8 Å². The molecule has 4 nitrogen and oxygen atoms in total. The van der Waals surface area contributed by atoms with Crippen molar-refractivity contribution in [2.24, 2.45) is 17.6 Å². The Kier molecular flexibility index (Phi) is 5.15. The Balaban J connectivity index is 2.14. The molecule has 0 heterocycles. The number of ether oxygens (including phenoxy) is 1. The summed E-state index contributed by atoms with van der Waals surface area (Å²) >= 11 is 4.79. The maximum atomic E-state index is 11.7. The molecular weight excluding hydrogens is 224 g/mol. The normalized spacial score (nSPS) is 16.9. The van der Waals surface area contributed by atoms with Crippen molar-refractivity contribution in [1.29, 1.82) is 0 Å². The summed E-state index contributed by atoms with van der Waals surface area (Å²) in [6, 6.07) is 0. The molecule has 1 amide bonds. The SMILES string of the molecule is CC(C(=O)N(C)CCOCC1CC1)C(N)=S. The Morgan fingerprint density at radius 3 is 2.75 bits per heavy atom. The number of likely N-dealkylation sites (N-methyl/N-ethyl adjacent to an activating group) is 1. The van der Waals surface area contributed by atoms with Gasteiger partial charge in [0.25, 0.3) is 0 Å². The minimum Gasteiger partial charge on any atom is -0.393 e. The summed E-state index contributed by atoms with van der Waals surface area (Å²) in [7, 11) is 1.75. The minimum absolute atomic E-state index is 0.0393. The number of hydrogen-bond donors (Lipinski definition) is 1. The summed E-state index contributed by atoms with van der Waals surface area (Å²) in [5.41, 5.74) is 5.43. The first-order valence-electron chi connectivity index (χ1n) is 5.64. The van der Waals surface area contributed by atoms with Crippen LogP contribution in [0.3, 0.4) is 0 Å². The lowest BCUT2D eigenvalue weighted by molar-refractivity contribution is -0.132. The molecule has 16 heavy (non-hydrogen) atoms. The fraction of sp³-hybridized carbons (Fsp3) is 0.818. The summed E-state index contributed by atoms with van der Waals surface area (Å²) in [6.07, 6.45) is 2.57. The highest BCUT2D eigenvalue weighted by molar-refractivity contribution is 7.80. The number of carbonyl (C=O) groups excluding carboxylic acids is 1. The zero-order valence-electron chi connectivity index (χ0n) is 9.94. The van der Waals surface area contributed by atoms with Gasteiger partial charge in [-0.25, -0.2) is 0 Å². The Morgan fingerprint density at radius 2 is 2.25 bits per heavy atom. The van der Waals surface area contributed by atoms with Crippen LogP contribution in [0, 0.1) is 11.8 Å². The van der Waals surface area contributed by atoms with Crippen molar-refractivity contribution in [3.8, 4) is 0 Å². The molecule has 0 aliphatic heterocycles. The molecule has 1 unspecified atom stereocenters. The Labute approximate surface area is 102 Å². The van der Waals surface area contributed by atoms with Gasteiger partial charge in [0, 0.05) is 20.2 Å². The van der Waals surface area contributed by atoms with Gasteiger partial charge in [-0.15, -0.1) is 0 Å². The first-order chi connectivity index (χ1) is 7.52. The van der Waals surface area contributed by atoms with Gasteiger partial charge in [0.2, 0.25) is 5.91 Å². The minimum atomic E-state index is -0.386. The van der Waals surface area contributed by atoms with Crippen LogP contribution in [0.4, 0.5) is 0 Å². The molecule has 1 aliphatic carbocycles. The lowest BCUT2D eigenvalue weighted by Crippen LogP contribution is -2.39. The van der Waals surface area contributed by atoms with Crippen LogP contribution in [0.15, 0.2) is 0 Å². The predicted molar refractivity (Wildman–Crippen MR) is 67.1 cm³/mol. The summed E-state index contributed by atoms with van der Waals surface area (Å²) in [4.78, 5) is 13.6. The van der Waals surface area contributed by atoms with Crippen LogP contribution in [0.2, 0.25) is 0 Å². The van der Waals surface area contributed by atoms with Crippen LogP contribution in [0.5, 0.6) is 0 Å². The number of nitrogens with two attached hydrogens (primary N) is 1. The van der Waals surface area contributed by atoms with Crippen molar-refractivity contribution in [2.45, 2.75) is 19.8 Å². The quantitative estimate of drug-likeness (QED) is 0.531. The first kappa shape index (κ1) is 13.4. The van der Waals surface area contributed by atoms with E-state index in [2.05, 4.69) is 0 Å². The van der Waals surface area contributed by atoms with E-state index in [0.717, 1.165) is 12.5 Å². The molecular formula is C11H20N2O2S. The highest BCUT2D eigenvalue weighted by Gasteiger charge is 2.22. The number of hydrogen-bond acceptors (Lipinski definition) is 3. The highest BCUT2D eigenvalue weighted by atomic mass is 32.1. The van der Waals surface area contributed by atoms with Gasteiger partial charge in [-0.2, -0.15) is 0 Å². The number of carbonyl (C=O) groups is 1. The van der Waals surface area contributed by atoms with Crippen LogP contribution in [-0.4, -0.2) is 42.6 Å². The van der Waals surface area contributed by atoms with Gasteiger partial charge in [0.15, 0.2) is 0 Å². The number of amides is 1. The zero-order chi connectivity index (χ0) is 12.1. The van der Waals surface area contributed by atoms with Crippen LogP contribution in [-0.2, 0) is 9.53 Å². The Hall–Kier alpha value is -0.680. The molecule has 0 aromatic rings. The molecule has 1 saturated carbocycles. The van der Waals surface area contributed by atoms with E-state index in [1.54, 1.807) is 18.9 Å². The van der Waals surface area contributed by atoms with Gasteiger partial charge < -0.3 is 15.4 Å². The lowest BCUT2D eigenvalue weighted by atomic mass is 10.1. The van der Waals surface area contributed by atoms with Gasteiger partial charge in [0.1, 0.15) is 0 Å². The average Bonchev–Trinajstić information content (AvgIpc) is 3.05. The third-order valence-corrected chi connectivity index (χ3v) is 3.15. The first-order valence-corrected chi connectivity index (χ1v) is 6.05. The van der Waals surface area contributed by atoms with Crippen LogP contribution in [0.25, 0.3) is 0 Å². The third kappa shape index (κ3) is 4.45. The third-order valence-electron chi connectivity index (χ3n) is 2.79. The van der Waals surface area contributed by atoms with Gasteiger partial charge in [-0.1, -0.05) is 12.2 Å². The van der Waals surface area contributed by atoms with Crippen molar-refractivity contribution in [1.82, 2.24) is 4.90 Å². The Bertz CT molecular complexity index is 267. The van der Waals surface area contributed by atoms with E-state index < -0.39 is 0 Å². The number of nitrogens with zero attached hydrogens (tertiary/aromatic N) is 1. The molecule has 1 fully saturated rings. The molecule has 0 aromatic heterocycles. The smallest absolute Gasteiger partial charge is 0.232 e. The van der Waals surface area contributed by atoms with E-state index in [-0.39, 0.29) is 16.8 Å². The van der Waals surface area contributed by atoms with Crippen molar-refractivity contribution >= 4 is 23.1 Å². The number of rotatable bonds is 7. The van der Waals surface area contributed by atoms with Crippen LogP contribution >= 0.6 is 12.2 Å². The second-order valence-electron chi connectivity index (χ2n) is 4.40. The van der Waals surface area contributed by atoms with E-state index in [1.807, 2.05) is 0 Å². The predicted octanol–water partition coefficient (Wildman–Crippen LogP) is 0.794. The van der Waals surface area contributed by atoms with Crippen molar-refractivity contribution < 1.29 is 9.53 Å². The molecule has 0 spiro atoms. The summed E-state index contributed by atoms with van der Waals surface area (Å²) in [6.45, 7) is 3.74. The maximum Gasteiger partial charge on any atom is 0.232 e. The fourth-order valence-corrected chi connectivity index (χ4v) is 1.40. The van der Waals surface area contributed by atoms with E-state index in [9.17, 15) is 4.79 Å². The molecule has 1 rings (SSSR count). The average molecular weight is 244 g/mol. The lowest BCUT2D eigenvalue weighted by Gasteiger charge is -2.20. The molecule has 1 atom stereocenters. The fourth-order valence-electron chi connectivity index (χ4n) is 1.30. The van der Waals surface area contributed by atoms with Gasteiger partial charge in [-0.3, -0.25) is 4.79 Å². The second kappa shape index (κ2) is 6.15. The molecule has 0 radical (unpaired) electrons. The molecule has 92 valence electrons. The monoisotopic (exact) mass is 244 g/mol. The summed E-state index contributed by atoms with van der Waals surface area (Å²) < 4.78 is 5.46. The van der Waals surface area contributed by atoms with Gasteiger partial charge in [0.05, 0.1) is 17.5 Å². The van der Waals surface area contributed by atoms with Gasteiger partial charge in [-0.05, 0) is 25.7 Å². The molecule has 5 heteroatoms. The maximum absolute atomic E-state index is 11.7. The molecule has 1 aliphatic rings. The van der Waals surface area contributed by atoms with Crippen molar-refractivity contribution in [2.75, 3.05) is 26.8 Å². The second-order valence-corrected chi connectivity index (χ2v) is 4.87. The van der Waals surface area contributed by atoms with E-state index in [4.69, 9.17) is 22.7 Å². The van der Waals surface area contributed by atoms with Crippen molar-refractivity contribution in [3.63, 3.8) is 0 Å². The van der Waals surface area contributed by atoms with Crippen LogP contribution in [0.1, 0.15) is 19.8 Å². The molecule has 2 N–H and O–H groups in total. The standard InChI is InChI=1S/C11H20N2O2S/c1-8(10(12)16)11(14)13(2)5-6-15-7-9-3-4-9/h8-9H,3-7H2,1-2H3,(H2,12,16). The molecule has 0 saturated heterocycles. The van der Waals surface area contributed by atoms with Gasteiger partial charge >= 0.3 is 0 Å². The van der Waals surface area contributed by atoms with Crippen LogP contribution < -0.4 is 5.73 Å². The molecule has 0 bridgehead atoms. The van der Waals surface area contributed by atoms with Crippen molar-refractivity contribution in [3.05, 3.63) is 0 Å². The van der Waals surface area contributed by atoms with E-state index in [0.29, 0.717) is 13.2 Å². The summed E-state index contributed by atoms with van der Waals surface area (Å²) in [5, 5.41) is 0.